The van der Waals surface area contributed by atoms with E-state index in [-0.39, 0.29) is 11.6 Å². The zero-order valence-electron chi connectivity index (χ0n) is 15.3. The number of piperazine rings is 1. The Morgan fingerprint density at radius 1 is 1.03 bits per heavy atom. The molecule has 29 heavy (non-hydrogen) atoms. The van der Waals surface area contributed by atoms with Crippen LogP contribution in [0.5, 0.6) is 0 Å². The van der Waals surface area contributed by atoms with Crippen LogP contribution in [-0.2, 0) is 0 Å². The molecule has 1 fully saturated rings. The number of nitro groups is 1. The molecule has 9 nitrogen and oxygen atoms in total. The number of aromatic nitrogens is 3. The Hall–Kier alpha value is -3.46. The van der Waals surface area contributed by atoms with Crippen LogP contribution in [-0.4, -0.2) is 56.7 Å². The third-order valence-corrected chi connectivity index (χ3v) is 5.09. The van der Waals surface area contributed by atoms with E-state index in [4.69, 9.17) is 11.6 Å². The van der Waals surface area contributed by atoms with Gasteiger partial charge in [0.15, 0.2) is 0 Å². The van der Waals surface area contributed by atoms with Gasteiger partial charge in [-0.1, -0.05) is 17.7 Å². The molecule has 1 aromatic heterocycles. The number of halogens is 1. The lowest BCUT2D eigenvalue weighted by molar-refractivity contribution is -0.384. The molecular formula is C19H17ClN6O3. The number of anilines is 1. The first kappa shape index (κ1) is 18.9. The van der Waals surface area contributed by atoms with Crippen molar-refractivity contribution < 1.29 is 9.72 Å². The minimum atomic E-state index is -0.396. The van der Waals surface area contributed by atoms with Crippen LogP contribution < -0.4 is 4.90 Å². The fourth-order valence-corrected chi connectivity index (χ4v) is 3.56. The van der Waals surface area contributed by atoms with Gasteiger partial charge in [0.2, 0.25) is 0 Å². The number of carbonyl (C=O) groups excluding carboxylic acids is 1. The second kappa shape index (κ2) is 7.88. The molecule has 1 aliphatic heterocycles. The van der Waals surface area contributed by atoms with Crippen LogP contribution in [0.2, 0.25) is 5.02 Å². The molecule has 3 aromatic rings. The molecule has 2 aromatic carbocycles. The van der Waals surface area contributed by atoms with E-state index in [1.165, 1.54) is 18.7 Å². The molecule has 1 saturated heterocycles. The fraction of sp³-hybridized carbons (Fsp3) is 0.211. The maximum atomic E-state index is 12.7. The van der Waals surface area contributed by atoms with Crippen molar-refractivity contribution in [3.63, 3.8) is 0 Å². The van der Waals surface area contributed by atoms with Gasteiger partial charge in [-0.2, -0.15) is 0 Å². The van der Waals surface area contributed by atoms with Crippen LogP contribution in [0.25, 0.3) is 5.69 Å². The first-order valence-corrected chi connectivity index (χ1v) is 9.34. The van der Waals surface area contributed by atoms with Gasteiger partial charge in [0.05, 0.1) is 10.6 Å². The van der Waals surface area contributed by atoms with Crippen molar-refractivity contribution in [2.75, 3.05) is 31.1 Å². The lowest BCUT2D eigenvalue weighted by Crippen LogP contribution is -2.49. The normalized spacial score (nSPS) is 14.1. The average molecular weight is 413 g/mol. The Morgan fingerprint density at radius 2 is 1.76 bits per heavy atom. The molecule has 1 amide bonds. The van der Waals surface area contributed by atoms with Crippen LogP contribution in [0.3, 0.4) is 0 Å². The Kier molecular flexibility index (Phi) is 5.13. The third-order valence-electron chi connectivity index (χ3n) is 4.85. The summed E-state index contributed by atoms with van der Waals surface area (Å²) in [5.41, 5.74) is 1.68. The first-order chi connectivity index (χ1) is 14.0. The number of hydrogen-bond acceptors (Lipinski definition) is 6. The van der Waals surface area contributed by atoms with Crippen molar-refractivity contribution in [3.8, 4) is 5.69 Å². The summed E-state index contributed by atoms with van der Waals surface area (Å²) in [6, 6.07) is 11.9. The van der Waals surface area contributed by atoms with E-state index >= 15 is 0 Å². The number of amides is 1. The molecule has 0 N–H and O–H groups in total. The number of carbonyl (C=O) groups is 1. The molecule has 1 aliphatic rings. The van der Waals surface area contributed by atoms with Crippen LogP contribution >= 0.6 is 11.6 Å². The number of nitro benzene ring substituents is 1. The highest BCUT2D eigenvalue weighted by Gasteiger charge is 2.27. The molecule has 10 heteroatoms. The van der Waals surface area contributed by atoms with Gasteiger partial charge in [-0.3, -0.25) is 19.5 Å². The molecular weight excluding hydrogens is 396 g/mol. The summed E-state index contributed by atoms with van der Waals surface area (Å²) >= 11 is 5.98. The van der Waals surface area contributed by atoms with Crippen LogP contribution in [0.4, 0.5) is 11.4 Å². The van der Waals surface area contributed by atoms with E-state index in [1.807, 2.05) is 4.90 Å². The van der Waals surface area contributed by atoms with Crippen LogP contribution in [0.1, 0.15) is 10.4 Å². The highest BCUT2D eigenvalue weighted by Crippen LogP contribution is 2.31. The summed E-state index contributed by atoms with van der Waals surface area (Å²) in [5.74, 6) is -0.0930. The zero-order valence-corrected chi connectivity index (χ0v) is 16.1. The second-order valence-corrected chi connectivity index (χ2v) is 7.03. The summed E-state index contributed by atoms with van der Waals surface area (Å²) < 4.78 is 1.61. The smallest absolute Gasteiger partial charge is 0.294 e. The van der Waals surface area contributed by atoms with E-state index < -0.39 is 4.92 Å². The minimum absolute atomic E-state index is 0.00539. The molecule has 0 aliphatic carbocycles. The molecule has 0 radical (unpaired) electrons. The maximum absolute atomic E-state index is 12.7. The van der Waals surface area contributed by atoms with Crippen molar-refractivity contribution in [1.82, 2.24) is 19.7 Å². The Bertz CT molecular complexity index is 1050. The number of rotatable bonds is 4. The van der Waals surface area contributed by atoms with Gasteiger partial charge in [0.1, 0.15) is 18.3 Å². The third kappa shape index (κ3) is 3.90. The maximum Gasteiger partial charge on any atom is 0.294 e. The lowest BCUT2D eigenvalue weighted by atomic mass is 10.1. The molecule has 0 atom stereocenters. The van der Waals surface area contributed by atoms with E-state index in [0.29, 0.717) is 48.1 Å². The number of hydrogen-bond donors (Lipinski definition) is 0. The largest absolute Gasteiger partial charge is 0.362 e. The molecule has 0 saturated carbocycles. The number of benzene rings is 2. The van der Waals surface area contributed by atoms with Gasteiger partial charge in [0.25, 0.3) is 11.6 Å². The van der Waals surface area contributed by atoms with Crippen molar-refractivity contribution in [2.24, 2.45) is 0 Å². The van der Waals surface area contributed by atoms with Gasteiger partial charge in [0, 0.05) is 42.8 Å². The van der Waals surface area contributed by atoms with E-state index in [2.05, 4.69) is 10.2 Å². The monoisotopic (exact) mass is 412 g/mol. The Balaban J connectivity index is 1.51. The first-order valence-electron chi connectivity index (χ1n) is 8.96. The van der Waals surface area contributed by atoms with Crippen molar-refractivity contribution in [2.45, 2.75) is 0 Å². The van der Waals surface area contributed by atoms with E-state index in [9.17, 15) is 14.9 Å². The molecule has 148 valence electrons. The zero-order chi connectivity index (χ0) is 20.4. The standard InChI is InChI=1S/C19H17ClN6O3/c20-15-3-1-2-14(10-15)19(27)24-8-6-23(7-9-24)17-5-4-16(11-18(17)26(28)29)25-12-21-22-13-25/h1-5,10-13H,6-9H2. The fourth-order valence-electron chi connectivity index (χ4n) is 3.37. The van der Waals surface area contributed by atoms with Crippen molar-refractivity contribution in [3.05, 3.63) is 75.8 Å². The molecule has 0 unspecified atom stereocenters. The summed E-state index contributed by atoms with van der Waals surface area (Å²) in [5, 5.41) is 19.6. The predicted octanol–water partition coefficient (Wildman–Crippen LogP) is 2.79. The molecule has 2 heterocycles. The quantitative estimate of drug-likeness (QED) is 0.482. The average Bonchev–Trinajstić information content (AvgIpc) is 3.28. The van der Waals surface area contributed by atoms with Crippen molar-refractivity contribution in [1.29, 1.82) is 0 Å². The van der Waals surface area contributed by atoms with Gasteiger partial charge in [-0.15, -0.1) is 10.2 Å². The second-order valence-electron chi connectivity index (χ2n) is 6.59. The summed E-state index contributed by atoms with van der Waals surface area (Å²) in [7, 11) is 0. The van der Waals surface area contributed by atoms with Crippen LogP contribution in [0.15, 0.2) is 55.1 Å². The highest BCUT2D eigenvalue weighted by molar-refractivity contribution is 6.30. The highest BCUT2D eigenvalue weighted by atomic mass is 35.5. The molecule has 0 spiro atoms. The SMILES string of the molecule is O=C(c1cccc(Cl)c1)N1CCN(c2ccc(-n3cnnc3)cc2[N+](=O)[O-])CC1. The Morgan fingerprint density at radius 3 is 2.41 bits per heavy atom. The topological polar surface area (TPSA) is 97.4 Å². The molecule has 0 bridgehead atoms. The summed E-state index contributed by atoms with van der Waals surface area (Å²) in [4.78, 5) is 27.6. The minimum Gasteiger partial charge on any atom is -0.362 e. The Labute approximate surface area is 171 Å². The van der Waals surface area contributed by atoms with E-state index in [1.54, 1.807) is 45.9 Å². The molecule has 4 rings (SSSR count). The van der Waals surface area contributed by atoms with E-state index in [0.717, 1.165) is 0 Å². The summed E-state index contributed by atoms with van der Waals surface area (Å²) in [6.45, 7) is 1.93. The summed E-state index contributed by atoms with van der Waals surface area (Å²) in [6.07, 6.45) is 2.97. The van der Waals surface area contributed by atoms with Gasteiger partial charge < -0.3 is 9.80 Å². The van der Waals surface area contributed by atoms with Gasteiger partial charge in [-0.25, -0.2) is 0 Å². The van der Waals surface area contributed by atoms with Crippen LogP contribution in [0, 0.1) is 10.1 Å². The van der Waals surface area contributed by atoms with Gasteiger partial charge >= 0.3 is 0 Å². The van der Waals surface area contributed by atoms with Gasteiger partial charge in [-0.05, 0) is 30.3 Å². The van der Waals surface area contributed by atoms with Crippen molar-refractivity contribution >= 4 is 28.9 Å². The predicted molar refractivity (Wildman–Crippen MR) is 108 cm³/mol. The lowest BCUT2D eigenvalue weighted by Gasteiger charge is -2.36. The number of nitrogens with zero attached hydrogens (tertiary/aromatic N) is 6.